The number of hydrogen-bond acceptors (Lipinski definition) is 3. The molecule has 0 spiro atoms. The van der Waals surface area contributed by atoms with Crippen LogP contribution >= 0.6 is 27.7 Å². The monoisotopic (exact) mass is 353 g/mol. The summed E-state index contributed by atoms with van der Waals surface area (Å²) in [6.45, 7) is 0. The summed E-state index contributed by atoms with van der Waals surface area (Å²) in [5.74, 6) is 1.42. The van der Waals surface area contributed by atoms with E-state index < -0.39 is 0 Å². The van der Waals surface area contributed by atoms with E-state index in [1.165, 1.54) is 17.7 Å². The van der Waals surface area contributed by atoms with Crippen LogP contribution in [0.2, 0.25) is 0 Å². The van der Waals surface area contributed by atoms with Gasteiger partial charge in [-0.05, 0) is 42.0 Å². The first kappa shape index (κ1) is 13.8. The van der Waals surface area contributed by atoms with E-state index in [1.54, 1.807) is 17.8 Å². The maximum atomic E-state index is 13.3. The SMILES string of the molecule is Nc1cc(F)cc(SCC2Cc3cc(Br)ccc3O2)c1. The minimum atomic E-state index is -0.299. The van der Waals surface area contributed by atoms with Gasteiger partial charge in [-0.15, -0.1) is 11.8 Å². The highest BCUT2D eigenvalue weighted by molar-refractivity contribution is 9.10. The second-order valence-electron chi connectivity index (χ2n) is 4.73. The lowest BCUT2D eigenvalue weighted by Gasteiger charge is -2.10. The molecule has 104 valence electrons. The van der Waals surface area contributed by atoms with Gasteiger partial charge in [0.15, 0.2) is 0 Å². The third-order valence-electron chi connectivity index (χ3n) is 3.09. The van der Waals surface area contributed by atoms with Gasteiger partial charge in [-0.2, -0.15) is 0 Å². The van der Waals surface area contributed by atoms with Gasteiger partial charge in [0.2, 0.25) is 0 Å². The molecule has 5 heteroatoms. The van der Waals surface area contributed by atoms with E-state index in [0.717, 1.165) is 27.3 Å². The molecule has 0 aliphatic carbocycles. The standard InChI is InChI=1S/C15H13BrFNOS/c16-10-1-2-15-9(3-10)4-13(19-15)8-20-14-6-11(17)5-12(18)7-14/h1-3,5-7,13H,4,8,18H2. The van der Waals surface area contributed by atoms with Gasteiger partial charge in [0.25, 0.3) is 0 Å². The predicted molar refractivity (Wildman–Crippen MR) is 83.8 cm³/mol. The molecular weight excluding hydrogens is 341 g/mol. The third-order valence-corrected chi connectivity index (χ3v) is 4.69. The van der Waals surface area contributed by atoms with Crippen LogP contribution in [0.15, 0.2) is 45.8 Å². The van der Waals surface area contributed by atoms with E-state index in [-0.39, 0.29) is 11.9 Å². The Morgan fingerprint density at radius 1 is 1.30 bits per heavy atom. The highest BCUT2D eigenvalue weighted by Crippen LogP contribution is 2.33. The number of hydrogen-bond donors (Lipinski definition) is 1. The van der Waals surface area contributed by atoms with Crippen molar-refractivity contribution in [1.82, 2.24) is 0 Å². The Hall–Kier alpha value is -1.20. The quantitative estimate of drug-likeness (QED) is 0.661. The number of benzene rings is 2. The molecule has 0 saturated heterocycles. The summed E-state index contributed by atoms with van der Waals surface area (Å²) in [6.07, 6.45) is 1.00. The van der Waals surface area contributed by atoms with Crippen molar-refractivity contribution in [2.45, 2.75) is 17.4 Å². The summed E-state index contributed by atoms with van der Waals surface area (Å²) in [4.78, 5) is 0.836. The fourth-order valence-corrected chi connectivity index (χ4v) is 3.63. The van der Waals surface area contributed by atoms with E-state index in [4.69, 9.17) is 10.5 Å². The smallest absolute Gasteiger partial charge is 0.126 e. The Balaban J connectivity index is 1.63. The second-order valence-corrected chi connectivity index (χ2v) is 6.74. The number of halogens is 2. The number of ether oxygens (including phenoxy) is 1. The Labute approximate surface area is 129 Å². The fraction of sp³-hybridized carbons (Fsp3) is 0.200. The fourth-order valence-electron chi connectivity index (χ4n) is 2.24. The Morgan fingerprint density at radius 2 is 2.15 bits per heavy atom. The molecule has 0 fully saturated rings. The van der Waals surface area contributed by atoms with Crippen LogP contribution in [0.5, 0.6) is 5.75 Å². The molecular formula is C15H13BrFNOS. The lowest BCUT2D eigenvalue weighted by molar-refractivity contribution is 0.259. The summed E-state index contributed by atoms with van der Waals surface area (Å²) in [7, 11) is 0. The highest BCUT2D eigenvalue weighted by atomic mass is 79.9. The van der Waals surface area contributed by atoms with E-state index in [9.17, 15) is 4.39 Å². The molecule has 1 unspecified atom stereocenters. The molecule has 1 heterocycles. The van der Waals surface area contributed by atoms with Crippen LogP contribution in [0.1, 0.15) is 5.56 Å². The summed E-state index contributed by atoms with van der Waals surface area (Å²) in [5, 5.41) is 0. The van der Waals surface area contributed by atoms with Crippen molar-refractivity contribution in [3.8, 4) is 5.75 Å². The zero-order valence-electron chi connectivity index (χ0n) is 10.6. The zero-order valence-corrected chi connectivity index (χ0v) is 13.0. The Bertz CT molecular complexity index is 630. The van der Waals surface area contributed by atoms with E-state index in [0.29, 0.717) is 5.69 Å². The Morgan fingerprint density at radius 3 is 2.95 bits per heavy atom. The predicted octanol–water partition coefficient (Wildman–Crippen LogP) is 4.27. The van der Waals surface area contributed by atoms with Crippen molar-refractivity contribution in [3.63, 3.8) is 0 Å². The number of nitrogens with two attached hydrogens (primary N) is 1. The molecule has 20 heavy (non-hydrogen) atoms. The van der Waals surface area contributed by atoms with Gasteiger partial charge in [0.1, 0.15) is 17.7 Å². The molecule has 2 aromatic carbocycles. The van der Waals surface area contributed by atoms with Gasteiger partial charge >= 0.3 is 0 Å². The van der Waals surface area contributed by atoms with Crippen molar-refractivity contribution in [2.24, 2.45) is 0 Å². The van der Waals surface area contributed by atoms with Gasteiger partial charge in [0, 0.05) is 27.2 Å². The number of nitrogen functional groups attached to an aromatic ring is 1. The summed E-state index contributed by atoms with van der Waals surface area (Å²) < 4.78 is 20.2. The van der Waals surface area contributed by atoms with Crippen molar-refractivity contribution >= 4 is 33.4 Å². The summed E-state index contributed by atoms with van der Waals surface area (Å²) in [6, 6.07) is 10.6. The van der Waals surface area contributed by atoms with Crippen LogP contribution in [0.3, 0.4) is 0 Å². The maximum Gasteiger partial charge on any atom is 0.126 e. The third kappa shape index (κ3) is 3.10. The molecule has 3 rings (SSSR count). The first-order chi connectivity index (χ1) is 9.60. The van der Waals surface area contributed by atoms with Crippen LogP contribution in [-0.2, 0) is 6.42 Å². The minimum Gasteiger partial charge on any atom is -0.489 e. The second kappa shape index (κ2) is 5.66. The van der Waals surface area contributed by atoms with Crippen LogP contribution in [0, 0.1) is 5.82 Å². The van der Waals surface area contributed by atoms with E-state index >= 15 is 0 Å². The molecule has 0 bridgehead atoms. The normalized spacial score (nSPS) is 16.8. The van der Waals surface area contributed by atoms with Gasteiger partial charge in [0.05, 0.1) is 0 Å². The van der Waals surface area contributed by atoms with E-state index in [1.807, 2.05) is 12.1 Å². The number of fused-ring (bicyclic) bond motifs is 1. The molecule has 0 radical (unpaired) electrons. The molecule has 1 aliphatic heterocycles. The summed E-state index contributed by atoms with van der Waals surface area (Å²) in [5.41, 5.74) is 7.30. The van der Waals surface area contributed by atoms with Gasteiger partial charge in [-0.3, -0.25) is 0 Å². The zero-order chi connectivity index (χ0) is 14.1. The van der Waals surface area contributed by atoms with Crippen molar-refractivity contribution < 1.29 is 9.13 Å². The van der Waals surface area contributed by atoms with Gasteiger partial charge in [-0.25, -0.2) is 4.39 Å². The molecule has 2 nitrogen and oxygen atoms in total. The number of anilines is 1. The molecule has 1 atom stereocenters. The maximum absolute atomic E-state index is 13.3. The lowest BCUT2D eigenvalue weighted by Crippen LogP contribution is -2.15. The largest absolute Gasteiger partial charge is 0.489 e. The van der Waals surface area contributed by atoms with Crippen molar-refractivity contribution in [2.75, 3.05) is 11.5 Å². The molecule has 0 amide bonds. The van der Waals surface area contributed by atoms with Crippen LogP contribution in [-0.4, -0.2) is 11.9 Å². The van der Waals surface area contributed by atoms with Gasteiger partial charge < -0.3 is 10.5 Å². The van der Waals surface area contributed by atoms with Crippen LogP contribution < -0.4 is 10.5 Å². The van der Waals surface area contributed by atoms with Gasteiger partial charge in [-0.1, -0.05) is 15.9 Å². The first-order valence-corrected chi connectivity index (χ1v) is 8.02. The average Bonchev–Trinajstić information content (AvgIpc) is 2.77. The van der Waals surface area contributed by atoms with Crippen molar-refractivity contribution in [1.29, 1.82) is 0 Å². The van der Waals surface area contributed by atoms with Crippen molar-refractivity contribution in [3.05, 3.63) is 52.3 Å². The number of thioether (sulfide) groups is 1. The van der Waals surface area contributed by atoms with Crippen LogP contribution in [0.4, 0.5) is 10.1 Å². The topological polar surface area (TPSA) is 35.2 Å². The summed E-state index contributed by atoms with van der Waals surface area (Å²) >= 11 is 5.02. The first-order valence-electron chi connectivity index (χ1n) is 6.24. The molecule has 1 aliphatic rings. The minimum absolute atomic E-state index is 0.119. The van der Waals surface area contributed by atoms with Crippen LogP contribution in [0.25, 0.3) is 0 Å². The highest BCUT2D eigenvalue weighted by Gasteiger charge is 2.23. The molecule has 0 saturated carbocycles. The molecule has 0 aromatic heterocycles. The Kier molecular flexibility index (Phi) is 3.89. The molecule has 2 N–H and O–H groups in total. The average molecular weight is 354 g/mol. The molecule has 2 aromatic rings. The number of rotatable bonds is 3. The lowest BCUT2D eigenvalue weighted by atomic mass is 10.1. The van der Waals surface area contributed by atoms with E-state index in [2.05, 4.69) is 22.0 Å².